The van der Waals surface area contributed by atoms with Crippen molar-refractivity contribution >= 4 is 29.6 Å². The Morgan fingerprint density at radius 1 is 1.06 bits per heavy atom. The van der Waals surface area contributed by atoms with Gasteiger partial charge in [-0.05, 0) is 49.2 Å². The number of alkyl carbamates (subject to hydrolysis) is 1. The van der Waals surface area contributed by atoms with Crippen LogP contribution in [0.1, 0.15) is 54.6 Å². The van der Waals surface area contributed by atoms with Crippen molar-refractivity contribution in [2.24, 2.45) is 0 Å². The molecule has 4 rings (SSSR count). The molecular formula is C29H27ClF7N9O3. The second-order valence-electron chi connectivity index (χ2n) is 10.2. The molecule has 2 aromatic heterocycles. The number of amides is 2. The van der Waals surface area contributed by atoms with Crippen LogP contribution in [0.5, 0.6) is 0 Å². The van der Waals surface area contributed by atoms with Gasteiger partial charge in [0, 0.05) is 23.9 Å². The van der Waals surface area contributed by atoms with Crippen LogP contribution in [-0.2, 0) is 4.74 Å². The number of ether oxygens (including phenoxy) is 1. The Labute approximate surface area is 278 Å². The van der Waals surface area contributed by atoms with Crippen LogP contribution in [0, 0.1) is 5.41 Å². The molecule has 0 unspecified atom stereocenters. The molecule has 2 heterocycles. The molecule has 4 aromatic rings. The van der Waals surface area contributed by atoms with Crippen molar-refractivity contribution in [3.05, 3.63) is 83.2 Å². The van der Waals surface area contributed by atoms with Crippen molar-refractivity contribution < 1.29 is 45.1 Å². The van der Waals surface area contributed by atoms with E-state index in [1.807, 2.05) is 0 Å². The van der Waals surface area contributed by atoms with Gasteiger partial charge in [-0.2, -0.15) is 32.1 Å². The minimum Gasteiger partial charge on any atom is -0.447 e. The quantitative estimate of drug-likeness (QED) is 0.0911. The van der Waals surface area contributed by atoms with Gasteiger partial charge in [0.05, 0.1) is 22.9 Å². The minimum absolute atomic E-state index is 0.0406. The lowest BCUT2D eigenvalue weighted by atomic mass is 10.0. The van der Waals surface area contributed by atoms with Crippen molar-refractivity contribution in [2.45, 2.75) is 45.1 Å². The Kier molecular flexibility index (Phi) is 11.5. The second kappa shape index (κ2) is 15.3. The van der Waals surface area contributed by atoms with Crippen LogP contribution in [0.2, 0.25) is 5.02 Å². The first-order chi connectivity index (χ1) is 23.1. The zero-order valence-electron chi connectivity index (χ0n) is 25.4. The molecular weight excluding hydrogens is 691 g/mol. The highest BCUT2D eigenvalue weighted by Gasteiger charge is 2.38. The molecule has 0 bridgehead atoms. The van der Waals surface area contributed by atoms with E-state index >= 15 is 0 Å². The minimum atomic E-state index is -4.80. The van der Waals surface area contributed by atoms with Gasteiger partial charge in [-0.3, -0.25) is 15.1 Å². The summed E-state index contributed by atoms with van der Waals surface area (Å²) in [5.74, 6) is -2.18. The van der Waals surface area contributed by atoms with Crippen LogP contribution >= 0.6 is 11.6 Å². The molecule has 0 saturated carbocycles. The molecule has 2 amide bonds. The fraction of sp³-hybridized carbons (Fsp3) is 0.310. The van der Waals surface area contributed by atoms with Gasteiger partial charge in [0.1, 0.15) is 19.0 Å². The number of carbonyl (C=O) groups excluding carboxylic acids is 2. The first-order valence-corrected chi connectivity index (χ1v) is 14.6. The standard InChI is InChI=1S/C29H27ClF7N9O3/c1-3-39-27(38)45(25(47)17-6-4-16(5-7-17)19-11-41-44(12-19)26(33)34)22(13-49-28(48)43-15(2)29(35,36)37)18-8-9-20(30)21(10-18)46-24(23(31)32)40-14-42-46/h4-12,14-15,22-23,26H,3,13H2,1-2H3,(H2,38,39)(H,43,48)/t15-,22+/m0/s1. The molecule has 0 aliphatic rings. The van der Waals surface area contributed by atoms with Crippen LogP contribution in [0.15, 0.2) is 61.2 Å². The van der Waals surface area contributed by atoms with Crippen molar-refractivity contribution in [2.75, 3.05) is 13.2 Å². The van der Waals surface area contributed by atoms with E-state index in [0.717, 1.165) is 22.1 Å². The Balaban J connectivity index is 1.77. The molecule has 12 nitrogen and oxygen atoms in total. The molecule has 0 fully saturated rings. The molecule has 2 aromatic carbocycles. The highest BCUT2D eigenvalue weighted by molar-refractivity contribution is 6.32. The number of nitrogens with one attached hydrogen (secondary N) is 3. The van der Waals surface area contributed by atoms with Gasteiger partial charge in [0.2, 0.25) is 0 Å². The molecule has 0 radical (unpaired) electrons. The number of rotatable bonds is 11. The third-order valence-corrected chi connectivity index (χ3v) is 7.25. The molecule has 262 valence electrons. The number of hydrogen-bond acceptors (Lipinski definition) is 7. The zero-order valence-corrected chi connectivity index (χ0v) is 26.2. The average molecular weight is 718 g/mol. The van der Waals surface area contributed by atoms with Gasteiger partial charge in [-0.1, -0.05) is 29.8 Å². The van der Waals surface area contributed by atoms with E-state index in [9.17, 15) is 40.3 Å². The summed E-state index contributed by atoms with van der Waals surface area (Å²) >= 11 is 6.31. The van der Waals surface area contributed by atoms with Gasteiger partial charge in [-0.15, -0.1) is 0 Å². The van der Waals surface area contributed by atoms with E-state index in [2.05, 4.69) is 20.5 Å². The number of carbonyl (C=O) groups is 2. The lowest BCUT2D eigenvalue weighted by Gasteiger charge is -2.32. The van der Waals surface area contributed by atoms with Crippen LogP contribution in [-0.4, -0.2) is 72.8 Å². The maximum atomic E-state index is 14.1. The van der Waals surface area contributed by atoms with Crippen LogP contribution in [0.25, 0.3) is 16.8 Å². The zero-order chi connectivity index (χ0) is 36.0. The van der Waals surface area contributed by atoms with Crippen LogP contribution < -0.4 is 10.6 Å². The number of hydrogen-bond donors (Lipinski definition) is 3. The van der Waals surface area contributed by atoms with Crippen molar-refractivity contribution in [3.63, 3.8) is 0 Å². The first kappa shape index (κ1) is 36.6. The molecule has 0 saturated heterocycles. The molecule has 0 aliphatic heterocycles. The van der Waals surface area contributed by atoms with Gasteiger partial charge in [-0.25, -0.2) is 27.9 Å². The lowest BCUT2D eigenvalue weighted by Crippen LogP contribution is -2.48. The molecule has 49 heavy (non-hydrogen) atoms. The fourth-order valence-electron chi connectivity index (χ4n) is 4.45. The van der Waals surface area contributed by atoms with Gasteiger partial charge >= 0.3 is 18.8 Å². The molecule has 20 heteroatoms. The highest BCUT2D eigenvalue weighted by Crippen LogP contribution is 2.32. The number of guanidine groups is 1. The van der Waals surface area contributed by atoms with Crippen molar-refractivity contribution in [1.29, 1.82) is 5.41 Å². The number of nitrogens with zero attached hydrogens (tertiary/aromatic N) is 6. The Bertz CT molecular complexity index is 1780. The topological polar surface area (TPSA) is 143 Å². The van der Waals surface area contributed by atoms with E-state index < -0.39 is 61.6 Å². The smallest absolute Gasteiger partial charge is 0.408 e. The van der Waals surface area contributed by atoms with Crippen LogP contribution in [0.4, 0.5) is 35.5 Å². The van der Waals surface area contributed by atoms with Crippen molar-refractivity contribution in [3.8, 4) is 16.8 Å². The van der Waals surface area contributed by atoms with Gasteiger partial charge in [0.15, 0.2) is 11.8 Å². The summed E-state index contributed by atoms with van der Waals surface area (Å²) in [6.45, 7) is -1.30. The van der Waals surface area contributed by atoms with Crippen LogP contribution in [0.3, 0.4) is 0 Å². The van der Waals surface area contributed by atoms with Gasteiger partial charge in [0.25, 0.3) is 12.3 Å². The summed E-state index contributed by atoms with van der Waals surface area (Å²) in [6.07, 6.45) is -6.23. The highest BCUT2D eigenvalue weighted by atomic mass is 35.5. The molecule has 2 atom stereocenters. The fourth-order valence-corrected chi connectivity index (χ4v) is 4.65. The third kappa shape index (κ3) is 8.64. The molecule has 0 spiro atoms. The summed E-state index contributed by atoms with van der Waals surface area (Å²) in [7, 11) is 0. The maximum Gasteiger partial charge on any atom is 0.408 e. The number of halogens is 8. The number of benzene rings is 2. The number of aromatic nitrogens is 5. The second-order valence-corrected chi connectivity index (χ2v) is 10.6. The summed E-state index contributed by atoms with van der Waals surface area (Å²) in [5.41, 5.74) is 0.587. The molecule has 3 N–H and O–H groups in total. The third-order valence-electron chi connectivity index (χ3n) is 6.93. The van der Waals surface area contributed by atoms with E-state index in [-0.39, 0.29) is 28.4 Å². The SMILES string of the molecule is CCNC(=N)N(C(=O)c1ccc(-c2cnn(C(F)F)c2)cc1)[C@H](COC(=O)N[C@@H](C)C(F)(F)F)c1ccc(Cl)c(-n2ncnc2C(F)F)c1. The summed E-state index contributed by atoms with van der Waals surface area (Å²) < 4.78 is 98.9. The van der Waals surface area contributed by atoms with E-state index in [0.29, 0.717) is 22.7 Å². The number of alkyl halides is 7. The Morgan fingerprint density at radius 3 is 2.35 bits per heavy atom. The predicted octanol–water partition coefficient (Wildman–Crippen LogP) is 6.52. The van der Waals surface area contributed by atoms with Crippen molar-refractivity contribution in [1.82, 2.24) is 40.1 Å². The lowest BCUT2D eigenvalue weighted by molar-refractivity contribution is -0.150. The predicted molar refractivity (Wildman–Crippen MR) is 161 cm³/mol. The van der Waals surface area contributed by atoms with E-state index in [1.165, 1.54) is 48.7 Å². The average Bonchev–Trinajstić information content (AvgIpc) is 3.74. The summed E-state index contributed by atoms with van der Waals surface area (Å²) in [5, 5.41) is 20.3. The normalized spacial score (nSPS) is 12.9. The maximum absolute atomic E-state index is 14.1. The van der Waals surface area contributed by atoms with E-state index in [4.69, 9.17) is 21.7 Å². The van der Waals surface area contributed by atoms with E-state index in [1.54, 1.807) is 12.2 Å². The first-order valence-electron chi connectivity index (χ1n) is 14.2. The largest absolute Gasteiger partial charge is 0.447 e. The molecule has 0 aliphatic carbocycles. The summed E-state index contributed by atoms with van der Waals surface area (Å²) in [6, 6.07) is 5.57. The van der Waals surface area contributed by atoms with Gasteiger partial charge < -0.3 is 15.4 Å². The Morgan fingerprint density at radius 2 is 1.76 bits per heavy atom. The Hall–Kier alpha value is -5.20. The summed E-state index contributed by atoms with van der Waals surface area (Å²) in [4.78, 5) is 30.9. The monoisotopic (exact) mass is 717 g/mol.